The highest BCUT2D eigenvalue weighted by Crippen LogP contribution is 2.43. The van der Waals surface area contributed by atoms with Gasteiger partial charge in [0.15, 0.2) is 0 Å². The molecular weight excluding hydrogens is 343 g/mol. The quantitative estimate of drug-likeness (QED) is 0.539. The maximum absolute atomic E-state index is 12.9. The van der Waals surface area contributed by atoms with Gasteiger partial charge < -0.3 is 9.47 Å². The molecule has 5 heteroatoms. The fraction of sp³-hybridized carbons (Fsp3) is 1.00. The number of alkyl halides is 1. The maximum Gasteiger partial charge on any atom is 0.0906 e. The summed E-state index contributed by atoms with van der Waals surface area (Å²) in [4.78, 5) is 5.10. The predicted molar refractivity (Wildman–Crippen MR) is 110 cm³/mol. The van der Waals surface area contributed by atoms with E-state index in [1.54, 1.807) is 14.2 Å². The predicted octanol–water partition coefficient (Wildman–Crippen LogP) is 3.84. The second-order valence-corrected chi connectivity index (χ2v) is 9.38. The van der Waals surface area contributed by atoms with Crippen molar-refractivity contribution in [2.75, 3.05) is 54.2 Å². The van der Waals surface area contributed by atoms with E-state index in [1.807, 2.05) is 0 Å². The molecule has 4 nitrogen and oxygen atoms in total. The average molecular weight is 387 g/mol. The number of hydrogen-bond donors (Lipinski definition) is 0. The summed E-state index contributed by atoms with van der Waals surface area (Å²) in [5.74, 6) is 1.86. The van der Waals surface area contributed by atoms with E-state index < -0.39 is 0 Å². The molecule has 0 aliphatic carbocycles. The van der Waals surface area contributed by atoms with Crippen LogP contribution in [0.3, 0.4) is 0 Å². The standard InChI is InChI=1S/C22H43FN2O2/c1-17(2)22(16-27-6)13-19(14-25(22)11-7-10-23)12-18(3)21-9-8-20(15-26-5)24(21)4/h17-21H,7-16H2,1-6H3. The van der Waals surface area contributed by atoms with Gasteiger partial charge in [-0.05, 0) is 56.9 Å². The summed E-state index contributed by atoms with van der Waals surface area (Å²) >= 11 is 0. The minimum Gasteiger partial charge on any atom is -0.383 e. The first kappa shape index (κ1) is 23.1. The van der Waals surface area contributed by atoms with Crippen LogP contribution < -0.4 is 0 Å². The lowest BCUT2D eigenvalue weighted by Crippen LogP contribution is -2.51. The Hall–Kier alpha value is -0.230. The summed E-state index contributed by atoms with van der Waals surface area (Å²) in [6, 6.07) is 1.22. The van der Waals surface area contributed by atoms with Crippen LogP contribution in [-0.4, -0.2) is 81.7 Å². The first-order valence-electron chi connectivity index (χ1n) is 10.9. The summed E-state index contributed by atoms with van der Waals surface area (Å²) in [6.45, 7) is 10.3. The van der Waals surface area contributed by atoms with Crippen LogP contribution in [0.25, 0.3) is 0 Å². The summed E-state index contributed by atoms with van der Waals surface area (Å²) in [5.41, 5.74) is 0.0640. The topological polar surface area (TPSA) is 24.9 Å². The molecule has 2 fully saturated rings. The maximum atomic E-state index is 12.9. The van der Waals surface area contributed by atoms with Crippen molar-refractivity contribution in [3.8, 4) is 0 Å². The fourth-order valence-electron chi connectivity index (χ4n) is 5.88. The van der Waals surface area contributed by atoms with Crippen molar-refractivity contribution < 1.29 is 13.9 Å². The Balaban J connectivity index is 2.02. The molecule has 0 aromatic carbocycles. The Morgan fingerprint density at radius 2 is 1.89 bits per heavy atom. The smallest absolute Gasteiger partial charge is 0.0906 e. The monoisotopic (exact) mass is 386 g/mol. The Kier molecular flexibility index (Phi) is 8.98. The van der Waals surface area contributed by atoms with Crippen molar-refractivity contribution in [2.45, 2.75) is 70.5 Å². The molecule has 2 heterocycles. The van der Waals surface area contributed by atoms with Crippen molar-refractivity contribution in [3.63, 3.8) is 0 Å². The zero-order valence-electron chi connectivity index (χ0n) is 18.5. The van der Waals surface area contributed by atoms with E-state index in [9.17, 15) is 4.39 Å². The lowest BCUT2D eigenvalue weighted by Gasteiger charge is -2.41. The molecule has 2 rings (SSSR count). The van der Waals surface area contributed by atoms with Crippen LogP contribution in [0, 0.1) is 17.8 Å². The van der Waals surface area contributed by atoms with Gasteiger partial charge >= 0.3 is 0 Å². The fourth-order valence-corrected chi connectivity index (χ4v) is 5.88. The molecule has 27 heavy (non-hydrogen) atoms. The number of methoxy groups -OCH3 is 2. The van der Waals surface area contributed by atoms with Crippen molar-refractivity contribution in [1.82, 2.24) is 9.80 Å². The van der Waals surface area contributed by atoms with Crippen molar-refractivity contribution in [3.05, 3.63) is 0 Å². The molecule has 2 aliphatic rings. The van der Waals surface area contributed by atoms with Crippen LogP contribution in [0.15, 0.2) is 0 Å². The van der Waals surface area contributed by atoms with Crippen LogP contribution in [0.4, 0.5) is 4.39 Å². The molecule has 160 valence electrons. The van der Waals surface area contributed by atoms with Gasteiger partial charge in [0, 0.05) is 44.9 Å². The third-order valence-corrected chi connectivity index (χ3v) is 7.40. The number of halogens is 1. The zero-order chi connectivity index (χ0) is 20.0. The number of hydrogen-bond acceptors (Lipinski definition) is 4. The molecule has 0 aromatic rings. The number of likely N-dealkylation sites (N-methyl/N-ethyl adjacent to an activating group) is 1. The minimum atomic E-state index is -0.230. The van der Waals surface area contributed by atoms with Crippen LogP contribution >= 0.6 is 0 Å². The van der Waals surface area contributed by atoms with Crippen molar-refractivity contribution >= 4 is 0 Å². The van der Waals surface area contributed by atoms with E-state index in [4.69, 9.17) is 9.47 Å². The van der Waals surface area contributed by atoms with E-state index in [-0.39, 0.29) is 12.2 Å². The van der Waals surface area contributed by atoms with Gasteiger partial charge in [-0.2, -0.15) is 0 Å². The number of likely N-dealkylation sites (tertiary alicyclic amines) is 2. The molecule has 2 saturated heterocycles. The number of rotatable bonds is 11. The van der Waals surface area contributed by atoms with Gasteiger partial charge in [-0.3, -0.25) is 14.2 Å². The Bertz CT molecular complexity index is 437. The van der Waals surface area contributed by atoms with E-state index >= 15 is 0 Å². The Morgan fingerprint density at radius 1 is 1.15 bits per heavy atom. The molecule has 0 amide bonds. The minimum absolute atomic E-state index is 0.0640. The molecule has 0 aromatic heterocycles. The van der Waals surface area contributed by atoms with E-state index in [2.05, 4.69) is 37.6 Å². The zero-order valence-corrected chi connectivity index (χ0v) is 18.5. The first-order chi connectivity index (χ1) is 12.9. The molecule has 5 unspecified atom stereocenters. The number of ether oxygens (including phenoxy) is 2. The lowest BCUT2D eigenvalue weighted by atomic mass is 9.79. The molecule has 0 radical (unpaired) electrons. The van der Waals surface area contributed by atoms with Crippen LogP contribution in [0.5, 0.6) is 0 Å². The third kappa shape index (κ3) is 5.23. The molecular formula is C22H43FN2O2. The molecule has 2 aliphatic heterocycles. The second kappa shape index (κ2) is 10.5. The normalized spacial score (nSPS) is 34.0. The molecule has 0 bridgehead atoms. The summed E-state index contributed by atoms with van der Waals surface area (Å²) in [5, 5.41) is 0. The van der Waals surface area contributed by atoms with E-state index in [1.165, 1.54) is 25.7 Å². The van der Waals surface area contributed by atoms with E-state index in [0.29, 0.717) is 36.3 Å². The summed E-state index contributed by atoms with van der Waals surface area (Å²) in [6.07, 6.45) is 5.57. The van der Waals surface area contributed by atoms with Gasteiger partial charge in [0.05, 0.1) is 19.9 Å². The van der Waals surface area contributed by atoms with Crippen LogP contribution in [0.2, 0.25) is 0 Å². The first-order valence-corrected chi connectivity index (χ1v) is 10.9. The van der Waals surface area contributed by atoms with Crippen molar-refractivity contribution in [1.29, 1.82) is 0 Å². The van der Waals surface area contributed by atoms with Gasteiger partial charge in [-0.25, -0.2) is 0 Å². The highest BCUT2D eigenvalue weighted by molar-refractivity contribution is 5.02. The Morgan fingerprint density at radius 3 is 2.48 bits per heavy atom. The van der Waals surface area contributed by atoms with Crippen LogP contribution in [0.1, 0.15) is 52.9 Å². The highest BCUT2D eigenvalue weighted by Gasteiger charge is 2.48. The summed E-state index contributed by atoms with van der Waals surface area (Å²) in [7, 11) is 5.87. The van der Waals surface area contributed by atoms with Crippen molar-refractivity contribution in [2.24, 2.45) is 17.8 Å². The van der Waals surface area contributed by atoms with E-state index in [0.717, 1.165) is 26.3 Å². The lowest BCUT2D eigenvalue weighted by molar-refractivity contribution is 0.00437. The highest BCUT2D eigenvalue weighted by atomic mass is 19.1. The molecule has 0 saturated carbocycles. The summed E-state index contributed by atoms with van der Waals surface area (Å²) < 4.78 is 23.9. The van der Waals surface area contributed by atoms with Gasteiger partial charge in [0.25, 0.3) is 0 Å². The van der Waals surface area contributed by atoms with Gasteiger partial charge in [-0.1, -0.05) is 20.8 Å². The van der Waals surface area contributed by atoms with Gasteiger partial charge in [0.1, 0.15) is 0 Å². The molecule has 0 spiro atoms. The van der Waals surface area contributed by atoms with Crippen LogP contribution in [-0.2, 0) is 9.47 Å². The van der Waals surface area contributed by atoms with Gasteiger partial charge in [0.2, 0.25) is 0 Å². The average Bonchev–Trinajstić information content (AvgIpc) is 3.15. The number of nitrogens with zero attached hydrogens (tertiary/aromatic N) is 2. The SMILES string of the molecule is COCC1CCC(C(C)CC2CN(CCCF)C(COC)(C(C)C)C2)N1C. The molecule has 0 N–H and O–H groups in total. The second-order valence-electron chi connectivity index (χ2n) is 9.38. The largest absolute Gasteiger partial charge is 0.383 e. The third-order valence-electron chi connectivity index (χ3n) is 7.40. The Labute approximate surface area is 166 Å². The molecule has 5 atom stereocenters. The van der Waals surface area contributed by atoms with Gasteiger partial charge in [-0.15, -0.1) is 0 Å².